The van der Waals surface area contributed by atoms with Crippen molar-refractivity contribution in [3.05, 3.63) is 11.6 Å². The van der Waals surface area contributed by atoms with Crippen molar-refractivity contribution < 1.29 is 9.84 Å². The minimum atomic E-state index is -0.348. The van der Waals surface area contributed by atoms with Gasteiger partial charge >= 0.3 is 0 Å². The van der Waals surface area contributed by atoms with E-state index in [9.17, 15) is 5.11 Å². The Labute approximate surface area is 102 Å². The third kappa shape index (κ3) is 5.82. The van der Waals surface area contributed by atoms with E-state index in [4.69, 9.17) is 16.3 Å². The Bertz CT molecular complexity index is 220. The largest absolute Gasteiger partial charge is 0.390 e. The van der Waals surface area contributed by atoms with Crippen LogP contribution in [0.4, 0.5) is 0 Å². The number of rotatable bonds is 6. The van der Waals surface area contributed by atoms with Crippen molar-refractivity contribution in [2.75, 3.05) is 53.0 Å². The minimum absolute atomic E-state index is 0.348. The molecule has 1 fully saturated rings. The number of morpholine rings is 1. The highest BCUT2D eigenvalue weighted by atomic mass is 35.5. The molecule has 0 aromatic rings. The van der Waals surface area contributed by atoms with Crippen LogP contribution in [0.5, 0.6) is 0 Å². The summed E-state index contributed by atoms with van der Waals surface area (Å²) in [6.07, 6.45) is -0.348. The highest BCUT2D eigenvalue weighted by molar-refractivity contribution is 6.29. The zero-order valence-electron chi connectivity index (χ0n) is 9.86. The Morgan fingerprint density at radius 1 is 1.56 bits per heavy atom. The van der Waals surface area contributed by atoms with E-state index in [1.807, 2.05) is 11.9 Å². The van der Waals surface area contributed by atoms with Gasteiger partial charge < -0.3 is 9.84 Å². The third-order valence-corrected chi connectivity index (χ3v) is 2.66. The van der Waals surface area contributed by atoms with E-state index in [0.717, 1.165) is 26.3 Å². The number of aliphatic hydroxyl groups is 1. The summed E-state index contributed by atoms with van der Waals surface area (Å²) in [7, 11) is 1.93. The molecule has 0 saturated carbocycles. The van der Waals surface area contributed by atoms with E-state index in [1.165, 1.54) is 0 Å². The molecule has 4 nitrogen and oxygen atoms in total. The van der Waals surface area contributed by atoms with Crippen molar-refractivity contribution >= 4 is 11.6 Å². The highest BCUT2D eigenvalue weighted by Crippen LogP contribution is 2.03. The standard InChI is InChI=1S/C11H21ClN2O2/c1-10(12)7-13(2)8-11(15)9-14-3-5-16-6-4-14/h11,15H,1,3-9H2,2H3/t11-/m0/s1. The zero-order valence-corrected chi connectivity index (χ0v) is 10.6. The lowest BCUT2D eigenvalue weighted by atomic mass is 10.3. The molecule has 0 spiro atoms. The lowest BCUT2D eigenvalue weighted by Crippen LogP contribution is -2.44. The molecule has 0 aliphatic carbocycles. The summed E-state index contributed by atoms with van der Waals surface area (Å²) in [6, 6.07) is 0. The lowest BCUT2D eigenvalue weighted by Gasteiger charge is -2.30. The SMILES string of the molecule is C=C(Cl)CN(C)C[C@H](O)CN1CCOCC1. The predicted octanol–water partition coefficient (Wildman–Crippen LogP) is 0.364. The van der Waals surface area contributed by atoms with Gasteiger partial charge in [-0.15, -0.1) is 0 Å². The summed E-state index contributed by atoms with van der Waals surface area (Å²) in [4.78, 5) is 4.19. The van der Waals surface area contributed by atoms with Crippen molar-refractivity contribution in [3.63, 3.8) is 0 Å². The van der Waals surface area contributed by atoms with Crippen LogP contribution in [-0.2, 0) is 4.74 Å². The van der Waals surface area contributed by atoms with Gasteiger partial charge in [-0.3, -0.25) is 9.80 Å². The van der Waals surface area contributed by atoms with Gasteiger partial charge in [0.05, 0.1) is 19.3 Å². The van der Waals surface area contributed by atoms with E-state index in [-0.39, 0.29) is 6.10 Å². The Morgan fingerprint density at radius 3 is 2.75 bits per heavy atom. The van der Waals surface area contributed by atoms with Crippen molar-refractivity contribution in [2.24, 2.45) is 0 Å². The summed E-state index contributed by atoms with van der Waals surface area (Å²) >= 11 is 5.70. The van der Waals surface area contributed by atoms with E-state index >= 15 is 0 Å². The molecule has 0 amide bonds. The minimum Gasteiger partial charge on any atom is -0.390 e. The van der Waals surface area contributed by atoms with Crippen LogP contribution in [0, 0.1) is 0 Å². The Hall–Kier alpha value is -0.130. The first-order valence-corrected chi connectivity index (χ1v) is 5.95. The first-order chi connectivity index (χ1) is 7.58. The molecule has 0 aromatic carbocycles. The average Bonchev–Trinajstić information content (AvgIpc) is 2.17. The molecular weight excluding hydrogens is 228 g/mol. The van der Waals surface area contributed by atoms with Gasteiger partial charge in [-0.25, -0.2) is 0 Å². The molecule has 0 radical (unpaired) electrons. The molecule has 1 aliphatic rings. The topological polar surface area (TPSA) is 35.9 Å². The molecule has 1 rings (SSSR count). The van der Waals surface area contributed by atoms with Gasteiger partial charge in [-0.05, 0) is 7.05 Å². The van der Waals surface area contributed by atoms with E-state index in [2.05, 4.69) is 11.5 Å². The molecule has 1 heterocycles. The Balaban J connectivity index is 2.18. The molecule has 0 unspecified atom stereocenters. The predicted molar refractivity (Wildman–Crippen MR) is 65.8 cm³/mol. The average molecular weight is 249 g/mol. The van der Waals surface area contributed by atoms with Crippen molar-refractivity contribution in [1.29, 1.82) is 0 Å². The monoisotopic (exact) mass is 248 g/mol. The molecule has 1 saturated heterocycles. The molecule has 1 N–H and O–H groups in total. The van der Waals surface area contributed by atoms with Gasteiger partial charge in [-0.1, -0.05) is 18.2 Å². The second kappa shape index (κ2) is 7.25. The van der Waals surface area contributed by atoms with Crippen LogP contribution < -0.4 is 0 Å². The number of halogens is 1. The molecule has 0 bridgehead atoms. The molecule has 94 valence electrons. The van der Waals surface area contributed by atoms with E-state index < -0.39 is 0 Å². The van der Waals surface area contributed by atoms with Gasteiger partial charge in [0.25, 0.3) is 0 Å². The van der Waals surface area contributed by atoms with Gasteiger partial charge in [0.1, 0.15) is 0 Å². The number of β-amino-alcohol motifs (C(OH)–C–C–N with tert-alkyl or cyclic N) is 1. The van der Waals surface area contributed by atoms with Crippen molar-refractivity contribution in [3.8, 4) is 0 Å². The lowest BCUT2D eigenvalue weighted by molar-refractivity contribution is 0.00931. The zero-order chi connectivity index (χ0) is 12.0. The second-order valence-corrected chi connectivity index (χ2v) is 4.82. The summed E-state index contributed by atoms with van der Waals surface area (Å²) < 4.78 is 5.25. The third-order valence-electron chi connectivity index (χ3n) is 2.54. The van der Waals surface area contributed by atoms with Crippen molar-refractivity contribution in [2.45, 2.75) is 6.10 Å². The first kappa shape index (κ1) is 13.9. The Morgan fingerprint density at radius 2 is 2.19 bits per heavy atom. The molecular formula is C11H21ClN2O2. The Kier molecular flexibility index (Phi) is 6.31. The number of hydrogen-bond acceptors (Lipinski definition) is 4. The fraction of sp³-hybridized carbons (Fsp3) is 0.818. The number of likely N-dealkylation sites (N-methyl/N-ethyl adjacent to an activating group) is 1. The molecule has 16 heavy (non-hydrogen) atoms. The van der Waals surface area contributed by atoms with Crippen LogP contribution in [-0.4, -0.2) is 74.0 Å². The van der Waals surface area contributed by atoms with Crippen LogP contribution in [0.25, 0.3) is 0 Å². The van der Waals surface area contributed by atoms with E-state index in [0.29, 0.717) is 24.7 Å². The summed E-state index contributed by atoms with van der Waals surface area (Å²) in [5.41, 5.74) is 0. The second-order valence-electron chi connectivity index (χ2n) is 4.28. The molecule has 1 atom stereocenters. The van der Waals surface area contributed by atoms with Crippen LogP contribution in [0.15, 0.2) is 11.6 Å². The van der Waals surface area contributed by atoms with Crippen LogP contribution in [0.2, 0.25) is 0 Å². The summed E-state index contributed by atoms with van der Waals surface area (Å²) in [5, 5.41) is 10.5. The van der Waals surface area contributed by atoms with Gasteiger partial charge in [0, 0.05) is 37.8 Å². The molecule has 1 aliphatic heterocycles. The summed E-state index contributed by atoms with van der Waals surface area (Å²) in [6.45, 7) is 8.90. The van der Waals surface area contributed by atoms with E-state index in [1.54, 1.807) is 0 Å². The van der Waals surface area contributed by atoms with Crippen molar-refractivity contribution in [1.82, 2.24) is 9.80 Å². The van der Waals surface area contributed by atoms with Gasteiger partial charge in [0.2, 0.25) is 0 Å². The van der Waals surface area contributed by atoms with Crippen LogP contribution in [0.1, 0.15) is 0 Å². The van der Waals surface area contributed by atoms with Gasteiger partial charge in [-0.2, -0.15) is 0 Å². The number of nitrogens with zero attached hydrogens (tertiary/aromatic N) is 2. The smallest absolute Gasteiger partial charge is 0.0793 e. The fourth-order valence-electron chi connectivity index (χ4n) is 1.86. The maximum atomic E-state index is 9.89. The number of hydrogen-bond donors (Lipinski definition) is 1. The maximum absolute atomic E-state index is 9.89. The van der Waals surface area contributed by atoms with Crippen LogP contribution in [0.3, 0.4) is 0 Å². The highest BCUT2D eigenvalue weighted by Gasteiger charge is 2.16. The van der Waals surface area contributed by atoms with Crippen LogP contribution >= 0.6 is 11.6 Å². The maximum Gasteiger partial charge on any atom is 0.0793 e. The van der Waals surface area contributed by atoms with Gasteiger partial charge in [0.15, 0.2) is 0 Å². The normalized spacial score (nSPS) is 20.0. The molecule has 5 heteroatoms. The first-order valence-electron chi connectivity index (χ1n) is 5.58. The number of ether oxygens (including phenoxy) is 1. The summed E-state index contributed by atoms with van der Waals surface area (Å²) in [5.74, 6) is 0. The quantitative estimate of drug-likeness (QED) is 0.737. The fourth-order valence-corrected chi connectivity index (χ4v) is 2.06. The molecule has 0 aromatic heterocycles. The number of aliphatic hydroxyl groups excluding tert-OH is 1.